The van der Waals surface area contributed by atoms with Crippen molar-refractivity contribution in [1.82, 2.24) is 9.97 Å². The summed E-state index contributed by atoms with van der Waals surface area (Å²) in [6, 6.07) is 19.5. The second-order valence-corrected chi connectivity index (χ2v) is 8.03. The summed E-state index contributed by atoms with van der Waals surface area (Å²) in [4.78, 5) is 7.95. The molecule has 4 rings (SSSR count). The van der Waals surface area contributed by atoms with Crippen LogP contribution in [0.4, 0.5) is 0 Å². The Morgan fingerprint density at radius 2 is 1.56 bits per heavy atom. The zero-order chi connectivity index (χ0) is 19.0. The first-order valence-corrected chi connectivity index (χ1v) is 9.97. The van der Waals surface area contributed by atoms with Crippen molar-refractivity contribution >= 4 is 33.4 Å². The molecule has 0 bridgehead atoms. The van der Waals surface area contributed by atoms with Gasteiger partial charge in [-0.05, 0) is 66.7 Å². The predicted molar refractivity (Wildman–Crippen MR) is 108 cm³/mol. The molecule has 0 fully saturated rings. The Kier molecular flexibility index (Phi) is 4.55. The molecule has 0 aliphatic carbocycles. The summed E-state index contributed by atoms with van der Waals surface area (Å²) in [6.45, 7) is 0. The van der Waals surface area contributed by atoms with E-state index in [0.29, 0.717) is 33.4 Å². The summed E-state index contributed by atoms with van der Waals surface area (Å²) < 4.78 is 25.0. The maximum absolute atomic E-state index is 9.60. The number of aromatic nitrogens is 2. The van der Waals surface area contributed by atoms with Crippen molar-refractivity contribution in [3.05, 3.63) is 71.8 Å². The molecule has 0 aliphatic heterocycles. The van der Waals surface area contributed by atoms with Gasteiger partial charge in [0.25, 0.3) is 0 Å². The van der Waals surface area contributed by atoms with Crippen molar-refractivity contribution in [1.29, 1.82) is 0 Å². The van der Waals surface area contributed by atoms with E-state index < -0.39 is 10.8 Å². The molecule has 1 aromatic heterocycles. The maximum atomic E-state index is 9.60. The Labute approximate surface area is 162 Å². The highest BCUT2D eigenvalue weighted by Gasteiger charge is 2.12. The maximum Gasteiger partial charge on any atom is 0.138 e. The van der Waals surface area contributed by atoms with Crippen LogP contribution in [0.5, 0.6) is 11.5 Å². The predicted octanol–water partition coefficient (Wildman–Crippen LogP) is 5.66. The molecule has 0 spiro atoms. The molecule has 5 N–H and O–H groups in total. The number of hydrogen-bond donors (Lipinski definition) is 4. The molecule has 3 aromatic carbocycles. The number of nitrogens with one attached hydrogen (secondary N) is 1. The quantitative estimate of drug-likeness (QED) is 0.353. The van der Waals surface area contributed by atoms with Gasteiger partial charge in [-0.15, -0.1) is 10.8 Å². The molecule has 4 aromatic rings. The molecule has 0 amide bonds. The van der Waals surface area contributed by atoms with Gasteiger partial charge in [-0.2, -0.15) is 0 Å². The number of rotatable bonds is 4. The lowest BCUT2D eigenvalue weighted by atomic mass is 10.2. The number of benzene rings is 3. The van der Waals surface area contributed by atoms with Gasteiger partial charge in [0, 0.05) is 10.6 Å². The molecule has 0 radical (unpaired) electrons. The van der Waals surface area contributed by atoms with Gasteiger partial charge in [0.05, 0.1) is 15.9 Å². The minimum absolute atomic E-state index is 0.261. The van der Waals surface area contributed by atoms with E-state index in [4.69, 9.17) is 21.5 Å². The highest BCUT2D eigenvalue weighted by molar-refractivity contribution is 8.22. The molecule has 0 aliphatic rings. The molecule has 0 atom stereocenters. The van der Waals surface area contributed by atoms with Crippen LogP contribution >= 0.6 is 22.4 Å². The highest BCUT2D eigenvalue weighted by Crippen LogP contribution is 2.40. The molecule has 0 saturated carbocycles. The van der Waals surface area contributed by atoms with Gasteiger partial charge < -0.3 is 9.72 Å². The fourth-order valence-corrected chi connectivity index (χ4v) is 3.32. The Morgan fingerprint density at radius 1 is 0.926 bits per heavy atom. The largest absolute Gasteiger partial charge is 0.457 e. The first-order chi connectivity index (χ1) is 12.9. The lowest BCUT2D eigenvalue weighted by Crippen LogP contribution is -2.08. The van der Waals surface area contributed by atoms with Crippen molar-refractivity contribution < 1.29 is 13.8 Å². The molecule has 138 valence electrons. The van der Waals surface area contributed by atoms with Gasteiger partial charge in [0.15, 0.2) is 0 Å². The van der Waals surface area contributed by atoms with E-state index in [2.05, 4.69) is 9.97 Å². The second-order valence-electron chi connectivity index (χ2n) is 5.94. The monoisotopic (exact) mass is 401 g/mol. The van der Waals surface area contributed by atoms with E-state index in [9.17, 15) is 9.11 Å². The Balaban J connectivity index is 1.59. The van der Waals surface area contributed by atoms with E-state index in [0.717, 1.165) is 5.56 Å². The summed E-state index contributed by atoms with van der Waals surface area (Å²) in [6.07, 6.45) is 0. The lowest BCUT2D eigenvalue weighted by Gasteiger charge is -2.25. The summed E-state index contributed by atoms with van der Waals surface area (Å²) in [5.74, 6) is 2.05. The lowest BCUT2D eigenvalue weighted by molar-refractivity contribution is 0.482. The van der Waals surface area contributed by atoms with Crippen molar-refractivity contribution in [3.8, 4) is 22.9 Å². The summed E-state index contributed by atoms with van der Waals surface area (Å²) in [7, 11) is -3.26. The molecule has 8 heteroatoms. The first kappa shape index (κ1) is 17.8. The zero-order valence-electron chi connectivity index (χ0n) is 14.0. The van der Waals surface area contributed by atoms with E-state index in [1.54, 1.807) is 42.5 Å². The third-order valence-electron chi connectivity index (χ3n) is 3.98. The molecular formula is C19H16ClN3O3S. The van der Waals surface area contributed by atoms with E-state index in [1.807, 2.05) is 24.3 Å². The van der Waals surface area contributed by atoms with Crippen LogP contribution in [0.1, 0.15) is 0 Å². The second kappa shape index (κ2) is 6.88. The van der Waals surface area contributed by atoms with Crippen LogP contribution < -0.4 is 9.88 Å². The molecule has 0 unspecified atom stereocenters. The SMILES string of the molecule is NS(O)(O)c1ccc2nc(-c3ccc(Oc4ccc(Cl)cc4)cc3)[nH]c2c1. The molecule has 0 saturated heterocycles. The molecule has 6 nitrogen and oxygen atoms in total. The van der Waals surface area contributed by atoms with Crippen LogP contribution in [0.15, 0.2) is 71.6 Å². The van der Waals surface area contributed by atoms with Crippen LogP contribution in [0.3, 0.4) is 0 Å². The molecule has 1 heterocycles. The topological polar surface area (TPSA) is 104 Å². The van der Waals surface area contributed by atoms with Crippen LogP contribution in [0.2, 0.25) is 5.02 Å². The number of nitrogens with two attached hydrogens (primary N) is 1. The smallest absolute Gasteiger partial charge is 0.138 e. The normalized spacial score (nSPS) is 12.3. The third-order valence-corrected chi connectivity index (χ3v) is 5.18. The summed E-state index contributed by atoms with van der Waals surface area (Å²) in [5.41, 5.74) is 2.25. The molecule has 27 heavy (non-hydrogen) atoms. The number of nitrogens with zero attached hydrogens (tertiary/aromatic N) is 1. The summed E-state index contributed by atoms with van der Waals surface area (Å²) >= 11 is 5.87. The Morgan fingerprint density at radius 3 is 2.19 bits per heavy atom. The highest BCUT2D eigenvalue weighted by atomic mass is 35.5. The van der Waals surface area contributed by atoms with Crippen molar-refractivity contribution in [2.24, 2.45) is 5.14 Å². The van der Waals surface area contributed by atoms with Gasteiger partial charge in [-0.1, -0.05) is 11.6 Å². The zero-order valence-corrected chi connectivity index (χ0v) is 15.5. The van der Waals surface area contributed by atoms with Gasteiger partial charge in [-0.3, -0.25) is 9.11 Å². The van der Waals surface area contributed by atoms with Gasteiger partial charge in [0.1, 0.15) is 17.3 Å². The van der Waals surface area contributed by atoms with Crippen LogP contribution in [-0.2, 0) is 0 Å². The number of fused-ring (bicyclic) bond motifs is 1. The van der Waals surface area contributed by atoms with Crippen LogP contribution in [0.25, 0.3) is 22.4 Å². The fourth-order valence-electron chi connectivity index (χ4n) is 2.63. The summed E-state index contributed by atoms with van der Waals surface area (Å²) in [5, 5.41) is 6.05. The van der Waals surface area contributed by atoms with Crippen molar-refractivity contribution in [2.75, 3.05) is 0 Å². The van der Waals surface area contributed by atoms with E-state index in [1.165, 1.54) is 0 Å². The van der Waals surface area contributed by atoms with Crippen LogP contribution in [0, 0.1) is 0 Å². The van der Waals surface area contributed by atoms with E-state index >= 15 is 0 Å². The number of hydrogen-bond acceptors (Lipinski definition) is 5. The van der Waals surface area contributed by atoms with Crippen molar-refractivity contribution in [2.45, 2.75) is 4.90 Å². The Hall–Kier alpha value is -2.55. The standard InChI is InChI=1S/C19H16ClN3O3S/c20-13-3-7-15(8-4-13)26-14-5-1-12(2-6-14)19-22-17-10-9-16(27(21,24)25)11-18(17)23-19/h1-11,24-25H,21H2,(H,22,23). The van der Waals surface area contributed by atoms with Gasteiger partial charge in [0.2, 0.25) is 0 Å². The van der Waals surface area contributed by atoms with Crippen molar-refractivity contribution in [3.63, 3.8) is 0 Å². The minimum atomic E-state index is -3.26. The van der Waals surface area contributed by atoms with E-state index in [-0.39, 0.29) is 4.90 Å². The minimum Gasteiger partial charge on any atom is -0.457 e. The average Bonchev–Trinajstić information content (AvgIpc) is 3.07. The molecular weight excluding hydrogens is 386 g/mol. The van der Waals surface area contributed by atoms with Gasteiger partial charge >= 0.3 is 0 Å². The average molecular weight is 402 g/mol. The fraction of sp³-hybridized carbons (Fsp3) is 0. The number of aromatic amines is 1. The Bertz CT molecular complexity index is 1090. The van der Waals surface area contributed by atoms with Crippen LogP contribution in [-0.4, -0.2) is 19.1 Å². The number of imidazole rings is 1. The van der Waals surface area contributed by atoms with Gasteiger partial charge in [-0.25, -0.2) is 10.1 Å². The number of halogens is 1. The number of H-pyrrole nitrogens is 1. The third kappa shape index (κ3) is 3.92. The first-order valence-electron chi connectivity index (χ1n) is 7.98. The number of ether oxygens (including phenoxy) is 1.